The first-order chi connectivity index (χ1) is 8.49. The van der Waals surface area contributed by atoms with Crippen molar-refractivity contribution in [1.29, 1.82) is 0 Å². The molecule has 1 fully saturated rings. The lowest BCUT2D eigenvalue weighted by Gasteiger charge is -2.17. The second-order valence-corrected chi connectivity index (χ2v) is 5.10. The molecule has 0 saturated carbocycles. The van der Waals surface area contributed by atoms with Crippen LogP contribution in [0.25, 0.3) is 0 Å². The van der Waals surface area contributed by atoms with E-state index in [2.05, 4.69) is 10.1 Å². The third-order valence-electron chi connectivity index (χ3n) is 3.21. The Morgan fingerprint density at radius 2 is 2.39 bits per heavy atom. The Kier molecular flexibility index (Phi) is 3.65. The number of hydrogen-bond donors (Lipinski definition) is 1. The predicted octanol–water partition coefficient (Wildman–Crippen LogP) is 1.75. The highest BCUT2D eigenvalue weighted by atomic mass is 16.5. The van der Waals surface area contributed by atoms with E-state index in [1.54, 1.807) is 0 Å². The summed E-state index contributed by atoms with van der Waals surface area (Å²) >= 11 is 0. The van der Waals surface area contributed by atoms with Crippen LogP contribution in [0.4, 0.5) is 0 Å². The monoisotopic (exact) mass is 254 g/mol. The van der Waals surface area contributed by atoms with Gasteiger partial charge in [0, 0.05) is 19.4 Å². The van der Waals surface area contributed by atoms with Crippen LogP contribution in [0.3, 0.4) is 0 Å². The van der Waals surface area contributed by atoms with E-state index in [9.17, 15) is 4.79 Å². The zero-order chi connectivity index (χ0) is 13.2. The third kappa shape index (κ3) is 2.87. The smallest absolute Gasteiger partial charge is 0.303 e. The lowest BCUT2D eigenvalue weighted by atomic mass is 10.0. The zero-order valence-corrected chi connectivity index (χ0v) is 10.7. The molecule has 1 aromatic heterocycles. The molecule has 1 aliphatic heterocycles. The molecule has 2 heterocycles. The lowest BCUT2D eigenvalue weighted by molar-refractivity contribution is -0.137. The quantitative estimate of drug-likeness (QED) is 0.861. The third-order valence-corrected chi connectivity index (χ3v) is 3.21. The molecule has 1 saturated heterocycles. The number of carboxylic acids is 1. The summed E-state index contributed by atoms with van der Waals surface area (Å²) in [6.07, 6.45) is 2.47. The molecular weight excluding hydrogens is 236 g/mol. The number of carbonyl (C=O) groups is 1. The SMILES string of the molecule is CC(CC(=O)O)Cc1nc(C2(C)CCCO2)no1. The maximum Gasteiger partial charge on any atom is 0.303 e. The van der Waals surface area contributed by atoms with Crippen LogP contribution in [-0.2, 0) is 21.6 Å². The lowest BCUT2D eigenvalue weighted by Crippen LogP contribution is -2.21. The van der Waals surface area contributed by atoms with Crippen molar-refractivity contribution in [1.82, 2.24) is 10.1 Å². The zero-order valence-electron chi connectivity index (χ0n) is 10.7. The number of aromatic nitrogens is 2. The fourth-order valence-corrected chi connectivity index (χ4v) is 2.18. The Balaban J connectivity index is 2.00. The van der Waals surface area contributed by atoms with Crippen LogP contribution < -0.4 is 0 Å². The van der Waals surface area contributed by atoms with E-state index in [1.165, 1.54) is 0 Å². The van der Waals surface area contributed by atoms with Gasteiger partial charge in [-0.1, -0.05) is 12.1 Å². The number of nitrogens with zero attached hydrogens (tertiary/aromatic N) is 2. The number of hydrogen-bond acceptors (Lipinski definition) is 5. The fraction of sp³-hybridized carbons (Fsp3) is 0.750. The minimum Gasteiger partial charge on any atom is -0.481 e. The molecule has 2 unspecified atom stereocenters. The minimum atomic E-state index is -0.812. The Hall–Kier alpha value is -1.43. The van der Waals surface area contributed by atoms with Gasteiger partial charge in [-0.3, -0.25) is 4.79 Å². The Morgan fingerprint density at radius 1 is 1.61 bits per heavy atom. The van der Waals surface area contributed by atoms with E-state index in [0.29, 0.717) is 18.1 Å². The highest BCUT2D eigenvalue weighted by Gasteiger charge is 2.36. The molecule has 0 aromatic carbocycles. The first kappa shape index (κ1) is 13.0. The molecule has 100 valence electrons. The molecule has 0 amide bonds. The second-order valence-electron chi connectivity index (χ2n) is 5.10. The van der Waals surface area contributed by atoms with Gasteiger partial charge in [-0.2, -0.15) is 4.98 Å². The van der Waals surface area contributed by atoms with Gasteiger partial charge >= 0.3 is 5.97 Å². The average molecular weight is 254 g/mol. The Labute approximate surface area is 105 Å². The predicted molar refractivity (Wildman–Crippen MR) is 62.0 cm³/mol. The van der Waals surface area contributed by atoms with Crippen LogP contribution in [-0.4, -0.2) is 27.8 Å². The van der Waals surface area contributed by atoms with Gasteiger partial charge in [0.1, 0.15) is 5.60 Å². The van der Waals surface area contributed by atoms with Crippen molar-refractivity contribution < 1.29 is 19.2 Å². The number of carboxylic acid groups (broad SMARTS) is 1. The van der Waals surface area contributed by atoms with Crippen molar-refractivity contribution in [2.24, 2.45) is 5.92 Å². The summed E-state index contributed by atoms with van der Waals surface area (Å²) in [5.41, 5.74) is -0.447. The van der Waals surface area contributed by atoms with Crippen molar-refractivity contribution in [3.05, 3.63) is 11.7 Å². The van der Waals surface area contributed by atoms with Crippen LogP contribution in [0.1, 0.15) is 44.8 Å². The molecule has 18 heavy (non-hydrogen) atoms. The van der Waals surface area contributed by atoms with E-state index < -0.39 is 11.6 Å². The van der Waals surface area contributed by atoms with E-state index in [1.807, 2.05) is 13.8 Å². The van der Waals surface area contributed by atoms with Crippen LogP contribution in [0, 0.1) is 5.92 Å². The highest BCUT2D eigenvalue weighted by Crippen LogP contribution is 2.33. The van der Waals surface area contributed by atoms with Gasteiger partial charge in [0.05, 0.1) is 0 Å². The largest absolute Gasteiger partial charge is 0.481 e. The standard InChI is InChI=1S/C12H18N2O4/c1-8(7-10(15)16)6-9-13-11(14-18-9)12(2)4-3-5-17-12/h8H,3-7H2,1-2H3,(H,15,16). The summed E-state index contributed by atoms with van der Waals surface area (Å²) in [5.74, 6) is 0.217. The van der Waals surface area contributed by atoms with Crippen LogP contribution in [0.5, 0.6) is 0 Å². The van der Waals surface area contributed by atoms with Crippen molar-refractivity contribution in [3.8, 4) is 0 Å². The van der Waals surface area contributed by atoms with Gasteiger partial charge < -0.3 is 14.4 Å². The number of aliphatic carboxylic acids is 1. The van der Waals surface area contributed by atoms with Gasteiger partial charge in [-0.05, 0) is 25.7 Å². The topological polar surface area (TPSA) is 85.5 Å². The second kappa shape index (κ2) is 5.06. The molecule has 6 nitrogen and oxygen atoms in total. The van der Waals surface area contributed by atoms with E-state index in [4.69, 9.17) is 14.4 Å². The van der Waals surface area contributed by atoms with Crippen LogP contribution >= 0.6 is 0 Å². The molecule has 0 aliphatic carbocycles. The summed E-state index contributed by atoms with van der Waals surface area (Å²) < 4.78 is 10.8. The molecule has 1 N–H and O–H groups in total. The van der Waals surface area contributed by atoms with Gasteiger partial charge in [0.25, 0.3) is 0 Å². The van der Waals surface area contributed by atoms with Gasteiger partial charge in [-0.25, -0.2) is 0 Å². The average Bonchev–Trinajstić information content (AvgIpc) is 2.86. The molecule has 0 bridgehead atoms. The van der Waals surface area contributed by atoms with Crippen LogP contribution in [0.2, 0.25) is 0 Å². The molecule has 0 spiro atoms. The van der Waals surface area contributed by atoms with Crippen molar-refractivity contribution in [3.63, 3.8) is 0 Å². The van der Waals surface area contributed by atoms with Gasteiger partial charge in [0.15, 0.2) is 0 Å². The summed E-state index contributed by atoms with van der Waals surface area (Å²) in [5, 5.41) is 12.6. The van der Waals surface area contributed by atoms with Crippen molar-refractivity contribution in [2.45, 2.75) is 45.1 Å². The fourth-order valence-electron chi connectivity index (χ4n) is 2.18. The summed E-state index contributed by atoms with van der Waals surface area (Å²) in [6.45, 7) is 4.52. The van der Waals surface area contributed by atoms with Gasteiger partial charge in [0.2, 0.25) is 11.7 Å². The minimum absolute atomic E-state index is 0.0203. The molecule has 2 atom stereocenters. The molecule has 2 rings (SSSR count). The van der Waals surface area contributed by atoms with Crippen LogP contribution in [0.15, 0.2) is 4.52 Å². The molecule has 6 heteroatoms. The normalized spacial score (nSPS) is 25.2. The summed E-state index contributed by atoms with van der Waals surface area (Å²) in [7, 11) is 0. The summed E-state index contributed by atoms with van der Waals surface area (Å²) in [4.78, 5) is 14.9. The maximum absolute atomic E-state index is 10.6. The van der Waals surface area contributed by atoms with Crippen molar-refractivity contribution >= 4 is 5.97 Å². The Morgan fingerprint density at radius 3 is 3.00 bits per heavy atom. The molecular formula is C12H18N2O4. The molecule has 1 aromatic rings. The van der Waals surface area contributed by atoms with E-state index >= 15 is 0 Å². The van der Waals surface area contributed by atoms with Crippen molar-refractivity contribution in [2.75, 3.05) is 6.61 Å². The van der Waals surface area contributed by atoms with Gasteiger partial charge in [-0.15, -0.1) is 0 Å². The highest BCUT2D eigenvalue weighted by molar-refractivity contribution is 5.66. The summed E-state index contributed by atoms with van der Waals surface area (Å²) in [6, 6.07) is 0. The number of ether oxygens (including phenoxy) is 1. The first-order valence-corrected chi connectivity index (χ1v) is 6.18. The van der Waals surface area contributed by atoms with E-state index in [0.717, 1.165) is 19.4 Å². The van der Waals surface area contributed by atoms with E-state index in [-0.39, 0.29) is 12.3 Å². The Bertz CT molecular complexity index is 423. The number of rotatable bonds is 5. The maximum atomic E-state index is 10.6. The molecule has 1 aliphatic rings. The first-order valence-electron chi connectivity index (χ1n) is 6.18. The molecule has 0 radical (unpaired) electrons.